The number of methoxy groups -OCH3 is 1. The quantitative estimate of drug-likeness (QED) is 0.451. The maximum Gasteiger partial charge on any atom is 0.428 e. The van der Waals surface area contributed by atoms with E-state index in [4.69, 9.17) is 21.1 Å². The number of halogens is 1. The van der Waals surface area contributed by atoms with Crippen LogP contribution in [0.1, 0.15) is 50.4 Å². The van der Waals surface area contributed by atoms with E-state index in [0.717, 1.165) is 5.01 Å². The lowest BCUT2D eigenvalue weighted by Crippen LogP contribution is -2.44. The number of hydrogen-bond acceptors (Lipinski definition) is 6. The molecule has 1 amide bonds. The lowest BCUT2D eigenvalue weighted by Gasteiger charge is -2.28. The molecule has 152 valence electrons. The number of benzene rings is 1. The summed E-state index contributed by atoms with van der Waals surface area (Å²) in [5.74, 6) is -0.269. The third kappa shape index (κ3) is 5.25. The van der Waals surface area contributed by atoms with Crippen LogP contribution in [-0.4, -0.2) is 42.4 Å². The predicted molar refractivity (Wildman–Crippen MR) is 105 cm³/mol. The van der Waals surface area contributed by atoms with Crippen molar-refractivity contribution in [2.24, 2.45) is 0 Å². The highest BCUT2D eigenvalue weighted by atomic mass is 35.5. The van der Waals surface area contributed by atoms with Gasteiger partial charge in [-0.2, -0.15) is 0 Å². The van der Waals surface area contributed by atoms with Crippen molar-refractivity contribution >= 4 is 29.3 Å². The Kier molecular flexibility index (Phi) is 6.72. The van der Waals surface area contributed by atoms with Crippen LogP contribution in [-0.2, 0) is 9.53 Å². The fourth-order valence-electron chi connectivity index (χ4n) is 2.74. The Morgan fingerprint density at radius 3 is 2.46 bits per heavy atom. The highest BCUT2D eigenvalue weighted by molar-refractivity contribution is 6.37. The van der Waals surface area contributed by atoms with Crippen molar-refractivity contribution in [1.29, 1.82) is 0 Å². The van der Waals surface area contributed by atoms with Gasteiger partial charge >= 0.3 is 6.09 Å². The van der Waals surface area contributed by atoms with Crippen molar-refractivity contribution in [3.05, 3.63) is 40.1 Å². The molecule has 0 aliphatic heterocycles. The molecule has 1 aliphatic rings. The first-order valence-electron chi connectivity index (χ1n) is 8.91. The van der Waals surface area contributed by atoms with Gasteiger partial charge < -0.3 is 9.47 Å². The van der Waals surface area contributed by atoms with E-state index in [-0.39, 0.29) is 28.4 Å². The second-order valence-corrected chi connectivity index (χ2v) is 7.86. The zero-order chi connectivity index (χ0) is 21.1. The SMILES string of the molecule is COc1ccc(C(=O)C2=C(NN(C)C(=O)OC(C)(C)C)CCCC2=O)c(Cl)c1. The van der Waals surface area contributed by atoms with Crippen molar-refractivity contribution in [3.63, 3.8) is 0 Å². The van der Waals surface area contributed by atoms with Crippen LogP contribution in [0.5, 0.6) is 5.75 Å². The first kappa shape index (κ1) is 21.8. The fourth-order valence-corrected chi connectivity index (χ4v) is 3.00. The number of hydrogen-bond donors (Lipinski definition) is 1. The number of carbonyl (C=O) groups excluding carboxylic acids is 3. The summed E-state index contributed by atoms with van der Waals surface area (Å²) >= 11 is 6.21. The van der Waals surface area contributed by atoms with Gasteiger partial charge in [0.15, 0.2) is 11.6 Å². The van der Waals surface area contributed by atoms with Crippen LogP contribution < -0.4 is 10.2 Å². The van der Waals surface area contributed by atoms with Crippen LogP contribution in [0.15, 0.2) is 29.5 Å². The molecular weight excluding hydrogens is 384 g/mol. The molecule has 1 aromatic rings. The maximum atomic E-state index is 13.0. The summed E-state index contributed by atoms with van der Waals surface area (Å²) < 4.78 is 10.4. The fraction of sp³-hybridized carbons (Fsp3) is 0.450. The molecule has 2 rings (SSSR count). The van der Waals surface area contributed by atoms with E-state index in [1.54, 1.807) is 26.8 Å². The second kappa shape index (κ2) is 8.65. The molecule has 1 N–H and O–H groups in total. The minimum absolute atomic E-state index is 0.00808. The molecule has 0 radical (unpaired) electrons. The Balaban J connectivity index is 2.34. The second-order valence-electron chi connectivity index (χ2n) is 7.46. The Bertz CT molecular complexity index is 826. The summed E-state index contributed by atoms with van der Waals surface area (Å²) in [5, 5.41) is 1.32. The molecule has 7 nitrogen and oxygen atoms in total. The summed E-state index contributed by atoms with van der Waals surface area (Å²) in [5.41, 5.74) is 2.76. The zero-order valence-corrected chi connectivity index (χ0v) is 17.5. The highest BCUT2D eigenvalue weighted by Crippen LogP contribution is 2.29. The van der Waals surface area contributed by atoms with E-state index in [1.165, 1.54) is 26.3 Å². The van der Waals surface area contributed by atoms with Crippen molar-refractivity contribution < 1.29 is 23.9 Å². The summed E-state index contributed by atoms with van der Waals surface area (Å²) in [6.07, 6.45) is 0.674. The van der Waals surface area contributed by atoms with Gasteiger partial charge in [0.1, 0.15) is 11.4 Å². The van der Waals surface area contributed by atoms with Crippen LogP contribution in [0.3, 0.4) is 0 Å². The summed E-state index contributed by atoms with van der Waals surface area (Å²) in [7, 11) is 2.97. The van der Waals surface area contributed by atoms with Gasteiger partial charge in [-0.1, -0.05) is 11.6 Å². The third-order valence-corrected chi connectivity index (χ3v) is 4.34. The minimum Gasteiger partial charge on any atom is -0.497 e. The standard InChI is InChI=1S/C20H25ClN2O5/c1-20(2,3)28-19(26)23(4)22-15-7-6-8-16(24)17(15)18(25)13-10-9-12(27-5)11-14(13)21/h9-11,22H,6-8H2,1-5H3. The smallest absolute Gasteiger partial charge is 0.428 e. The number of ether oxygens (including phenoxy) is 2. The molecule has 0 spiro atoms. The average molecular weight is 409 g/mol. The van der Waals surface area contributed by atoms with Crippen molar-refractivity contribution in [3.8, 4) is 5.75 Å². The van der Waals surface area contributed by atoms with Crippen LogP contribution in [0.2, 0.25) is 5.02 Å². The molecule has 0 heterocycles. The molecule has 1 aromatic carbocycles. The van der Waals surface area contributed by atoms with Crippen LogP contribution >= 0.6 is 11.6 Å². The summed E-state index contributed by atoms with van der Waals surface area (Å²) in [4.78, 5) is 37.8. The van der Waals surface area contributed by atoms with Gasteiger partial charge in [-0.3, -0.25) is 15.0 Å². The molecule has 28 heavy (non-hydrogen) atoms. The lowest BCUT2D eigenvalue weighted by atomic mass is 9.89. The monoisotopic (exact) mass is 408 g/mol. The summed E-state index contributed by atoms with van der Waals surface area (Å²) in [6.45, 7) is 5.26. The number of rotatable bonds is 5. The van der Waals surface area contributed by atoms with Crippen LogP contribution in [0.25, 0.3) is 0 Å². The predicted octanol–water partition coefficient (Wildman–Crippen LogP) is 3.91. The van der Waals surface area contributed by atoms with E-state index in [9.17, 15) is 14.4 Å². The summed E-state index contributed by atoms with van der Waals surface area (Å²) in [6, 6.07) is 4.64. The van der Waals surface area contributed by atoms with Gasteiger partial charge in [-0.25, -0.2) is 9.80 Å². The molecule has 8 heteroatoms. The molecule has 0 bridgehead atoms. The molecule has 0 aromatic heterocycles. The number of hydrazine groups is 1. The number of amides is 1. The normalized spacial score (nSPS) is 14.6. The van der Waals surface area contributed by atoms with Gasteiger partial charge in [0.25, 0.3) is 0 Å². The molecular formula is C20H25ClN2O5. The van der Waals surface area contributed by atoms with E-state index in [2.05, 4.69) is 5.43 Å². The Morgan fingerprint density at radius 2 is 1.89 bits per heavy atom. The first-order chi connectivity index (χ1) is 13.0. The Labute approximate surface area is 169 Å². The van der Waals surface area contributed by atoms with Crippen LogP contribution in [0, 0.1) is 0 Å². The van der Waals surface area contributed by atoms with Crippen molar-refractivity contribution in [1.82, 2.24) is 10.4 Å². The first-order valence-corrected chi connectivity index (χ1v) is 9.29. The number of ketones is 2. The van der Waals surface area contributed by atoms with Gasteiger partial charge in [-0.05, 0) is 51.8 Å². The maximum absolute atomic E-state index is 13.0. The van der Waals surface area contributed by atoms with Crippen molar-refractivity contribution in [2.75, 3.05) is 14.2 Å². The van der Waals surface area contributed by atoms with E-state index in [0.29, 0.717) is 24.3 Å². The third-order valence-electron chi connectivity index (χ3n) is 4.03. The molecule has 0 saturated carbocycles. The van der Waals surface area contributed by atoms with Gasteiger partial charge in [0.2, 0.25) is 0 Å². The zero-order valence-electron chi connectivity index (χ0n) is 16.7. The Hall–Kier alpha value is -2.54. The number of nitrogens with one attached hydrogen (secondary N) is 1. The molecule has 0 fully saturated rings. The average Bonchev–Trinajstić information content (AvgIpc) is 2.59. The van der Waals surface area contributed by atoms with E-state index >= 15 is 0 Å². The largest absolute Gasteiger partial charge is 0.497 e. The van der Waals surface area contributed by atoms with E-state index in [1.807, 2.05) is 0 Å². The molecule has 0 saturated heterocycles. The lowest BCUT2D eigenvalue weighted by molar-refractivity contribution is -0.115. The number of carbonyl (C=O) groups is 3. The van der Waals surface area contributed by atoms with Gasteiger partial charge in [0.05, 0.1) is 17.7 Å². The van der Waals surface area contributed by atoms with E-state index < -0.39 is 17.5 Å². The topological polar surface area (TPSA) is 84.9 Å². The minimum atomic E-state index is -0.668. The number of Topliss-reactive ketones (excluding diaryl/α,β-unsaturated/α-hetero) is 2. The van der Waals surface area contributed by atoms with Crippen molar-refractivity contribution in [2.45, 2.75) is 45.6 Å². The Morgan fingerprint density at radius 1 is 1.21 bits per heavy atom. The van der Waals surface area contributed by atoms with Gasteiger partial charge in [0, 0.05) is 24.7 Å². The number of nitrogens with zero attached hydrogens (tertiary/aromatic N) is 1. The molecule has 0 atom stereocenters. The molecule has 0 unspecified atom stereocenters. The van der Waals surface area contributed by atoms with Gasteiger partial charge in [-0.15, -0.1) is 0 Å². The highest BCUT2D eigenvalue weighted by Gasteiger charge is 2.30. The molecule has 1 aliphatic carbocycles. The number of allylic oxidation sites excluding steroid dienone is 2. The van der Waals surface area contributed by atoms with Crippen LogP contribution in [0.4, 0.5) is 4.79 Å².